The highest BCUT2D eigenvalue weighted by Crippen LogP contribution is 2.22. The Morgan fingerprint density at radius 2 is 1.67 bits per heavy atom. The van der Waals surface area contributed by atoms with Gasteiger partial charge in [-0.3, -0.25) is 0 Å². The Labute approximate surface area is 71.5 Å². The highest BCUT2D eigenvalue weighted by Gasteiger charge is 1.95. The molecule has 0 fully saturated rings. The predicted octanol–water partition coefficient (Wildman–Crippen LogP) is 3.32. The van der Waals surface area contributed by atoms with E-state index in [2.05, 4.69) is 37.9 Å². The fourth-order valence-corrected chi connectivity index (χ4v) is 1.48. The van der Waals surface area contributed by atoms with Gasteiger partial charge in [0.1, 0.15) is 0 Å². The highest BCUT2D eigenvalue weighted by molar-refractivity contribution is 9.11. The summed E-state index contributed by atoms with van der Waals surface area (Å²) in [6.07, 6.45) is 0. The third-order valence-corrected chi connectivity index (χ3v) is 2.78. The molecule has 0 saturated heterocycles. The van der Waals surface area contributed by atoms with Crippen LogP contribution in [0.2, 0.25) is 0 Å². The molecule has 2 heteroatoms. The zero-order valence-corrected chi connectivity index (χ0v) is 8.08. The molecule has 47 valence electrons. The van der Waals surface area contributed by atoms with Crippen molar-refractivity contribution in [3.8, 4) is 0 Å². The van der Waals surface area contributed by atoms with E-state index in [0.717, 1.165) is 8.95 Å². The van der Waals surface area contributed by atoms with E-state index >= 15 is 0 Å². The summed E-state index contributed by atoms with van der Waals surface area (Å²) in [6.45, 7) is 2.04. The van der Waals surface area contributed by atoms with Gasteiger partial charge < -0.3 is 0 Å². The molecule has 1 radical (unpaired) electrons. The van der Waals surface area contributed by atoms with Crippen molar-refractivity contribution in [1.29, 1.82) is 0 Å². The molecular weight excluding hydrogens is 244 g/mol. The molecule has 0 aliphatic rings. The highest BCUT2D eigenvalue weighted by atomic mass is 79.9. The fourth-order valence-electron chi connectivity index (χ4n) is 0.519. The van der Waals surface area contributed by atoms with Gasteiger partial charge in [-0.15, -0.1) is 0 Å². The van der Waals surface area contributed by atoms with Gasteiger partial charge in [0.2, 0.25) is 0 Å². The van der Waals surface area contributed by atoms with E-state index in [0.29, 0.717) is 0 Å². The van der Waals surface area contributed by atoms with Gasteiger partial charge in [0.15, 0.2) is 0 Å². The van der Waals surface area contributed by atoms with Crippen LogP contribution >= 0.6 is 31.9 Å². The van der Waals surface area contributed by atoms with E-state index in [9.17, 15) is 0 Å². The molecule has 0 amide bonds. The van der Waals surface area contributed by atoms with Crippen LogP contribution in [-0.2, 0) is 0 Å². The van der Waals surface area contributed by atoms with Crippen LogP contribution in [-0.4, -0.2) is 0 Å². The first-order valence-electron chi connectivity index (χ1n) is 2.53. The van der Waals surface area contributed by atoms with Gasteiger partial charge in [0, 0.05) is 8.95 Å². The molecule has 9 heavy (non-hydrogen) atoms. The average molecular weight is 249 g/mol. The molecular formula is C7H5Br2. The molecule has 0 nitrogen and oxygen atoms in total. The van der Waals surface area contributed by atoms with Gasteiger partial charge in [-0.05, 0) is 30.7 Å². The zero-order chi connectivity index (χ0) is 6.85. The Morgan fingerprint density at radius 3 is 2.00 bits per heavy atom. The van der Waals surface area contributed by atoms with Crippen LogP contribution in [0.1, 0.15) is 5.56 Å². The average Bonchev–Trinajstić information content (AvgIpc) is 1.83. The molecule has 0 bridgehead atoms. The Kier molecular flexibility index (Phi) is 2.30. The van der Waals surface area contributed by atoms with E-state index in [-0.39, 0.29) is 0 Å². The molecule has 0 aliphatic carbocycles. The monoisotopic (exact) mass is 247 g/mol. The second-order valence-corrected chi connectivity index (χ2v) is 3.48. The van der Waals surface area contributed by atoms with E-state index in [1.54, 1.807) is 0 Å². The molecule has 0 aromatic heterocycles. The summed E-state index contributed by atoms with van der Waals surface area (Å²) in [5.41, 5.74) is 1.22. The lowest BCUT2D eigenvalue weighted by Gasteiger charge is -1.97. The van der Waals surface area contributed by atoms with E-state index in [1.807, 2.05) is 19.1 Å². The van der Waals surface area contributed by atoms with Crippen LogP contribution in [0.3, 0.4) is 0 Å². The smallest absolute Gasteiger partial charge is 0.0221 e. The van der Waals surface area contributed by atoms with Gasteiger partial charge >= 0.3 is 0 Å². The largest absolute Gasteiger partial charge is 0.0505 e. The maximum Gasteiger partial charge on any atom is 0.0221 e. The van der Waals surface area contributed by atoms with Crippen LogP contribution in [0, 0.1) is 13.0 Å². The van der Waals surface area contributed by atoms with Crippen molar-refractivity contribution in [3.05, 3.63) is 32.7 Å². The molecule has 0 unspecified atom stereocenters. The molecule has 1 aromatic rings. The Morgan fingerprint density at radius 1 is 1.22 bits per heavy atom. The van der Waals surface area contributed by atoms with Gasteiger partial charge in [-0.2, -0.15) is 0 Å². The normalized spacial score (nSPS) is 9.67. The Hall–Kier alpha value is 0.180. The van der Waals surface area contributed by atoms with Crippen molar-refractivity contribution < 1.29 is 0 Å². The zero-order valence-electron chi connectivity index (χ0n) is 4.91. The molecule has 0 aliphatic heterocycles. The molecule has 1 aromatic carbocycles. The molecule has 0 saturated carbocycles. The van der Waals surface area contributed by atoms with Crippen molar-refractivity contribution in [3.63, 3.8) is 0 Å². The van der Waals surface area contributed by atoms with Gasteiger partial charge in [-0.25, -0.2) is 0 Å². The fraction of sp³-hybridized carbons (Fsp3) is 0.143. The maximum atomic E-state index is 3.38. The lowest BCUT2D eigenvalue weighted by molar-refractivity contribution is 1.39. The third kappa shape index (κ3) is 1.55. The summed E-state index contributed by atoms with van der Waals surface area (Å²) >= 11 is 6.77. The Bertz CT molecular complexity index is 198. The van der Waals surface area contributed by atoms with Gasteiger partial charge in [-0.1, -0.05) is 31.9 Å². The van der Waals surface area contributed by atoms with Crippen molar-refractivity contribution in [2.24, 2.45) is 0 Å². The summed E-state index contributed by atoms with van der Waals surface area (Å²) in [5.74, 6) is 0. The van der Waals surface area contributed by atoms with Crippen molar-refractivity contribution in [2.75, 3.05) is 0 Å². The maximum absolute atomic E-state index is 3.38. The van der Waals surface area contributed by atoms with Crippen molar-refractivity contribution in [1.82, 2.24) is 0 Å². The predicted molar refractivity (Wildman–Crippen MR) is 45.4 cm³/mol. The summed E-state index contributed by atoms with van der Waals surface area (Å²) in [5, 5.41) is 0. The quantitative estimate of drug-likeness (QED) is 0.661. The van der Waals surface area contributed by atoms with Crippen molar-refractivity contribution in [2.45, 2.75) is 6.92 Å². The minimum Gasteiger partial charge on any atom is -0.0505 e. The first-order valence-corrected chi connectivity index (χ1v) is 4.12. The third-order valence-electron chi connectivity index (χ3n) is 1.14. The summed E-state index contributed by atoms with van der Waals surface area (Å²) < 4.78 is 2.19. The van der Waals surface area contributed by atoms with Crippen LogP contribution in [0.15, 0.2) is 21.1 Å². The van der Waals surface area contributed by atoms with Gasteiger partial charge in [0.05, 0.1) is 0 Å². The van der Waals surface area contributed by atoms with E-state index < -0.39 is 0 Å². The number of rotatable bonds is 0. The number of benzene rings is 1. The van der Waals surface area contributed by atoms with Crippen molar-refractivity contribution >= 4 is 31.9 Å². The lowest BCUT2D eigenvalue weighted by atomic mass is 10.2. The SMILES string of the molecule is Cc1c(Br)c[c]cc1Br. The van der Waals surface area contributed by atoms with Gasteiger partial charge in [0.25, 0.3) is 0 Å². The number of halogens is 2. The standard InChI is InChI=1S/C7H5Br2/c1-5-6(8)3-2-4-7(5)9/h3-4H,1H3. The molecule has 0 N–H and O–H groups in total. The minimum absolute atomic E-state index is 1.09. The summed E-state index contributed by atoms with van der Waals surface area (Å²) in [4.78, 5) is 0. The molecule has 1 rings (SSSR count). The minimum atomic E-state index is 1.09. The first kappa shape index (κ1) is 7.29. The van der Waals surface area contributed by atoms with Crippen LogP contribution < -0.4 is 0 Å². The van der Waals surface area contributed by atoms with Crippen LogP contribution in [0.5, 0.6) is 0 Å². The second kappa shape index (κ2) is 2.84. The summed E-state index contributed by atoms with van der Waals surface area (Å²) in [6, 6.07) is 6.78. The lowest BCUT2D eigenvalue weighted by Crippen LogP contribution is -1.75. The van der Waals surface area contributed by atoms with E-state index in [4.69, 9.17) is 0 Å². The first-order chi connectivity index (χ1) is 4.22. The Balaban J connectivity index is 3.25. The van der Waals surface area contributed by atoms with E-state index in [1.165, 1.54) is 5.56 Å². The molecule has 0 atom stereocenters. The molecule has 0 spiro atoms. The second-order valence-electron chi connectivity index (χ2n) is 1.78. The number of hydrogen-bond acceptors (Lipinski definition) is 0. The number of hydrogen-bond donors (Lipinski definition) is 0. The molecule has 0 heterocycles. The summed E-state index contributed by atoms with van der Waals surface area (Å²) in [7, 11) is 0. The van der Waals surface area contributed by atoms with Crippen LogP contribution in [0.4, 0.5) is 0 Å². The topological polar surface area (TPSA) is 0 Å². The van der Waals surface area contributed by atoms with Crippen LogP contribution in [0.25, 0.3) is 0 Å².